The molecule has 0 aliphatic rings. The van der Waals surface area contributed by atoms with E-state index in [9.17, 15) is 0 Å². The Labute approximate surface area is 108 Å². The lowest BCUT2D eigenvalue weighted by atomic mass is 10.1. The Morgan fingerprint density at radius 3 is 2.56 bits per heavy atom. The van der Waals surface area contributed by atoms with Crippen molar-refractivity contribution in [1.82, 2.24) is 4.98 Å². The maximum absolute atomic E-state index is 5.92. The van der Waals surface area contributed by atoms with Gasteiger partial charge in [-0.3, -0.25) is 0 Å². The van der Waals surface area contributed by atoms with Crippen LogP contribution in [0.4, 0.5) is 11.5 Å². The first-order valence-electron chi connectivity index (χ1n) is 6.05. The van der Waals surface area contributed by atoms with Crippen molar-refractivity contribution in [3.05, 3.63) is 53.2 Å². The predicted octanol–water partition coefficient (Wildman–Crippen LogP) is 2.92. The molecule has 3 heteroatoms. The van der Waals surface area contributed by atoms with E-state index in [1.807, 2.05) is 26.2 Å². The van der Waals surface area contributed by atoms with Crippen molar-refractivity contribution in [3.8, 4) is 0 Å². The molecule has 94 valence electrons. The molecule has 0 aliphatic heterocycles. The van der Waals surface area contributed by atoms with E-state index < -0.39 is 0 Å². The summed E-state index contributed by atoms with van der Waals surface area (Å²) in [4.78, 5) is 6.52. The third-order valence-corrected chi connectivity index (χ3v) is 3.19. The first kappa shape index (κ1) is 12.4. The Balaban J connectivity index is 2.19. The number of hydrogen-bond donors (Lipinski definition) is 1. The summed E-state index contributed by atoms with van der Waals surface area (Å²) in [6.07, 6.45) is 1.82. The Hall–Kier alpha value is -2.03. The monoisotopic (exact) mass is 241 g/mol. The fraction of sp³-hybridized carbons (Fsp3) is 0.267. The van der Waals surface area contributed by atoms with Gasteiger partial charge < -0.3 is 10.6 Å². The summed E-state index contributed by atoms with van der Waals surface area (Å²) in [6.45, 7) is 4.93. The maximum Gasteiger partial charge on any atom is 0.130 e. The van der Waals surface area contributed by atoms with Crippen LogP contribution in [0.15, 0.2) is 36.5 Å². The number of rotatable bonds is 3. The van der Waals surface area contributed by atoms with Gasteiger partial charge in [0.05, 0.1) is 0 Å². The van der Waals surface area contributed by atoms with Crippen molar-refractivity contribution >= 4 is 11.5 Å². The summed E-state index contributed by atoms with van der Waals surface area (Å²) >= 11 is 0. The Bertz CT molecular complexity index is 549. The number of anilines is 2. The summed E-state index contributed by atoms with van der Waals surface area (Å²) < 4.78 is 0. The van der Waals surface area contributed by atoms with Crippen molar-refractivity contribution in [2.24, 2.45) is 0 Å². The van der Waals surface area contributed by atoms with Gasteiger partial charge in [-0.1, -0.05) is 24.3 Å². The van der Waals surface area contributed by atoms with Crippen LogP contribution in [0.2, 0.25) is 0 Å². The molecule has 0 aliphatic carbocycles. The molecule has 0 amide bonds. The largest absolute Gasteiger partial charge is 0.398 e. The normalized spacial score (nSPS) is 10.4. The second-order valence-corrected chi connectivity index (χ2v) is 4.68. The Morgan fingerprint density at radius 2 is 1.89 bits per heavy atom. The van der Waals surface area contributed by atoms with Gasteiger partial charge in [0.1, 0.15) is 5.82 Å². The number of aromatic nitrogens is 1. The topological polar surface area (TPSA) is 42.2 Å². The molecule has 0 saturated heterocycles. The van der Waals surface area contributed by atoms with Gasteiger partial charge in [-0.25, -0.2) is 4.98 Å². The number of hydrogen-bond acceptors (Lipinski definition) is 3. The number of benzene rings is 1. The Kier molecular flexibility index (Phi) is 3.51. The van der Waals surface area contributed by atoms with Crippen LogP contribution in [0.5, 0.6) is 0 Å². The highest BCUT2D eigenvalue weighted by Gasteiger charge is 2.06. The summed E-state index contributed by atoms with van der Waals surface area (Å²) in [5, 5.41) is 0. The van der Waals surface area contributed by atoms with Crippen molar-refractivity contribution in [2.45, 2.75) is 20.4 Å². The standard InChI is InChI=1S/C15H19N3/c1-11-6-4-5-7-13(11)10-18(3)15-8-14(16)12(2)9-17-15/h4-9H,10H2,1-3H3,(H2,16,17). The van der Waals surface area contributed by atoms with E-state index in [0.717, 1.165) is 23.6 Å². The molecule has 0 bridgehead atoms. The minimum absolute atomic E-state index is 0.789. The fourth-order valence-electron chi connectivity index (χ4n) is 1.86. The van der Waals surface area contributed by atoms with Crippen LogP contribution in [0.1, 0.15) is 16.7 Å². The quantitative estimate of drug-likeness (QED) is 0.898. The summed E-state index contributed by atoms with van der Waals surface area (Å²) in [7, 11) is 2.03. The molecule has 2 rings (SSSR count). The van der Waals surface area contributed by atoms with Gasteiger partial charge in [0, 0.05) is 31.5 Å². The van der Waals surface area contributed by atoms with E-state index in [1.165, 1.54) is 11.1 Å². The van der Waals surface area contributed by atoms with E-state index in [4.69, 9.17) is 5.73 Å². The third-order valence-electron chi connectivity index (χ3n) is 3.19. The number of aryl methyl sites for hydroxylation is 2. The van der Waals surface area contributed by atoms with Crippen LogP contribution >= 0.6 is 0 Å². The average molecular weight is 241 g/mol. The van der Waals surface area contributed by atoms with E-state index in [0.29, 0.717) is 0 Å². The van der Waals surface area contributed by atoms with Gasteiger partial charge in [-0.2, -0.15) is 0 Å². The molecule has 1 heterocycles. The molecule has 1 aromatic carbocycles. The van der Waals surface area contributed by atoms with Crippen LogP contribution in [0.25, 0.3) is 0 Å². The first-order chi connectivity index (χ1) is 8.58. The molecule has 18 heavy (non-hydrogen) atoms. The van der Waals surface area contributed by atoms with Crippen LogP contribution < -0.4 is 10.6 Å². The van der Waals surface area contributed by atoms with Crippen molar-refractivity contribution in [3.63, 3.8) is 0 Å². The molecule has 2 aromatic rings. The number of nitrogens with two attached hydrogens (primary N) is 1. The minimum Gasteiger partial charge on any atom is -0.398 e. The highest BCUT2D eigenvalue weighted by molar-refractivity contribution is 5.54. The van der Waals surface area contributed by atoms with Crippen molar-refractivity contribution < 1.29 is 0 Å². The lowest BCUT2D eigenvalue weighted by Crippen LogP contribution is -2.18. The van der Waals surface area contributed by atoms with Gasteiger partial charge in [0.2, 0.25) is 0 Å². The molecule has 0 saturated carbocycles. The second kappa shape index (κ2) is 5.08. The summed E-state index contributed by atoms with van der Waals surface area (Å²) in [5.74, 6) is 0.904. The van der Waals surface area contributed by atoms with E-state index in [-0.39, 0.29) is 0 Å². The molecule has 0 atom stereocenters. The van der Waals surface area contributed by atoms with Crippen molar-refractivity contribution in [1.29, 1.82) is 0 Å². The summed E-state index contributed by atoms with van der Waals surface area (Å²) in [5.41, 5.74) is 10.3. The number of nitrogen functional groups attached to an aromatic ring is 1. The van der Waals surface area contributed by atoms with Gasteiger partial charge in [-0.05, 0) is 30.5 Å². The van der Waals surface area contributed by atoms with Crippen LogP contribution in [0.3, 0.4) is 0 Å². The lowest BCUT2D eigenvalue weighted by molar-refractivity contribution is 0.890. The van der Waals surface area contributed by atoms with Crippen LogP contribution in [0, 0.1) is 13.8 Å². The van der Waals surface area contributed by atoms with Gasteiger partial charge >= 0.3 is 0 Å². The molecule has 0 spiro atoms. The smallest absolute Gasteiger partial charge is 0.130 e. The third kappa shape index (κ3) is 2.62. The molecule has 0 radical (unpaired) electrons. The number of pyridine rings is 1. The zero-order valence-corrected chi connectivity index (χ0v) is 11.1. The maximum atomic E-state index is 5.92. The molecular formula is C15H19N3. The molecule has 1 aromatic heterocycles. The minimum atomic E-state index is 0.789. The Morgan fingerprint density at radius 1 is 1.17 bits per heavy atom. The first-order valence-corrected chi connectivity index (χ1v) is 6.05. The highest BCUT2D eigenvalue weighted by atomic mass is 15.2. The van der Waals surface area contributed by atoms with Crippen LogP contribution in [-0.4, -0.2) is 12.0 Å². The highest BCUT2D eigenvalue weighted by Crippen LogP contribution is 2.19. The SMILES string of the molecule is Cc1cnc(N(C)Cc2ccccc2C)cc1N. The van der Waals surface area contributed by atoms with Gasteiger partial charge in [-0.15, -0.1) is 0 Å². The molecular weight excluding hydrogens is 222 g/mol. The zero-order chi connectivity index (χ0) is 13.1. The van der Waals surface area contributed by atoms with E-state index in [1.54, 1.807) is 0 Å². The van der Waals surface area contributed by atoms with E-state index >= 15 is 0 Å². The average Bonchev–Trinajstić information content (AvgIpc) is 2.35. The van der Waals surface area contributed by atoms with Gasteiger partial charge in [0.25, 0.3) is 0 Å². The molecule has 0 fully saturated rings. The molecule has 2 N–H and O–H groups in total. The van der Waals surface area contributed by atoms with Crippen molar-refractivity contribution in [2.75, 3.05) is 17.7 Å². The second-order valence-electron chi connectivity index (χ2n) is 4.68. The number of nitrogens with zero attached hydrogens (tertiary/aromatic N) is 2. The molecule has 3 nitrogen and oxygen atoms in total. The van der Waals surface area contributed by atoms with Gasteiger partial charge in [0.15, 0.2) is 0 Å². The zero-order valence-electron chi connectivity index (χ0n) is 11.1. The molecule has 0 unspecified atom stereocenters. The van der Waals surface area contributed by atoms with E-state index in [2.05, 4.69) is 41.1 Å². The fourth-order valence-corrected chi connectivity index (χ4v) is 1.86. The summed E-state index contributed by atoms with van der Waals surface area (Å²) in [6, 6.07) is 10.3. The predicted molar refractivity (Wildman–Crippen MR) is 76.7 cm³/mol. The lowest BCUT2D eigenvalue weighted by Gasteiger charge is -2.20. The van der Waals surface area contributed by atoms with Crippen LogP contribution in [-0.2, 0) is 6.54 Å².